The van der Waals surface area contributed by atoms with Crippen LogP contribution in [-0.4, -0.2) is 63.4 Å². The molecule has 2 atom stereocenters. The van der Waals surface area contributed by atoms with Crippen molar-refractivity contribution in [3.05, 3.63) is 70.9 Å². The number of carbonyl (C=O) groups excluding carboxylic acids is 2. The lowest BCUT2D eigenvalue weighted by atomic mass is 9.91. The molecule has 0 saturated carbocycles. The van der Waals surface area contributed by atoms with Gasteiger partial charge in [-0.05, 0) is 43.4 Å². The Bertz CT molecular complexity index is 1060. The molecular formula is C24H28N4O4. The molecule has 2 aliphatic rings. The van der Waals surface area contributed by atoms with Crippen molar-refractivity contribution < 1.29 is 14.3 Å². The van der Waals surface area contributed by atoms with Gasteiger partial charge >= 0.3 is 5.69 Å². The smallest absolute Gasteiger partial charge is 0.347 e. The highest BCUT2D eigenvalue weighted by Gasteiger charge is 2.37. The molecule has 1 fully saturated rings. The Morgan fingerprint density at radius 1 is 1.16 bits per heavy atom. The number of carbonyl (C=O) groups is 2. The van der Waals surface area contributed by atoms with Crippen LogP contribution < -0.4 is 10.4 Å². The lowest BCUT2D eigenvalue weighted by Crippen LogP contribution is -2.58. The average Bonchev–Trinajstić information content (AvgIpc) is 2.81. The molecule has 8 heteroatoms. The fourth-order valence-corrected chi connectivity index (χ4v) is 4.51. The Balaban J connectivity index is 1.59. The molecule has 0 aliphatic carbocycles. The Kier molecular flexibility index (Phi) is 6.68. The summed E-state index contributed by atoms with van der Waals surface area (Å²) < 4.78 is 7.15. The second kappa shape index (κ2) is 9.80. The summed E-state index contributed by atoms with van der Waals surface area (Å²) in [6.45, 7) is 0.497. The molecule has 1 aromatic carbocycles. The summed E-state index contributed by atoms with van der Waals surface area (Å²) in [5.74, 6) is 0.466. The van der Waals surface area contributed by atoms with Crippen LogP contribution in [0.4, 0.5) is 0 Å². The fourth-order valence-electron chi connectivity index (χ4n) is 4.51. The largest absolute Gasteiger partial charge is 0.483 e. The van der Waals surface area contributed by atoms with E-state index in [1.807, 2.05) is 29.2 Å². The van der Waals surface area contributed by atoms with Gasteiger partial charge in [0.2, 0.25) is 5.91 Å². The quantitative estimate of drug-likeness (QED) is 0.669. The average molecular weight is 437 g/mol. The van der Waals surface area contributed by atoms with Gasteiger partial charge in [0.05, 0.1) is 12.1 Å². The molecule has 2 aromatic rings. The van der Waals surface area contributed by atoms with Gasteiger partial charge in [-0.15, -0.1) is 0 Å². The van der Waals surface area contributed by atoms with Crippen LogP contribution in [0.3, 0.4) is 0 Å². The molecule has 0 bridgehead atoms. The SMILES string of the molecule is CN1C(=O)COc2ccccc2C/C=C/C[C@@H]2[C@H]1CCCN2C(=O)Cn1cccnc1=O. The number of hydrogen-bond donors (Lipinski definition) is 0. The number of ether oxygens (including phenoxy) is 1. The first-order valence-corrected chi connectivity index (χ1v) is 11.0. The van der Waals surface area contributed by atoms with Gasteiger partial charge in [-0.25, -0.2) is 9.78 Å². The van der Waals surface area contributed by atoms with Gasteiger partial charge in [-0.3, -0.25) is 14.2 Å². The summed E-state index contributed by atoms with van der Waals surface area (Å²) in [6, 6.07) is 9.08. The van der Waals surface area contributed by atoms with E-state index < -0.39 is 5.69 Å². The van der Waals surface area contributed by atoms with E-state index in [-0.39, 0.29) is 37.0 Å². The highest BCUT2D eigenvalue weighted by atomic mass is 16.5. The fraction of sp³-hybridized carbons (Fsp3) is 0.417. The van der Waals surface area contributed by atoms with Crippen LogP contribution in [0.15, 0.2) is 59.7 Å². The van der Waals surface area contributed by atoms with E-state index in [4.69, 9.17) is 4.74 Å². The molecule has 2 aliphatic heterocycles. The van der Waals surface area contributed by atoms with Crippen molar-refractivity contribution >= 4 is 11.8 Å². The van der Waals surface area contributed by atoms with Gasteiger partial charge in [0.15, 0.2) is 6.61 Å². The highest BCUT2D eigenvalue weighted by Crippen LogP contribution is 2.27. The van der Waals surface area contributed by atoms with E-state index in [0.29, 0.717) is 19.4 Å². The minimum absolute atomic E-state index is 0.0422. The molecule has 0 unspecified atom stereocenters. The monoisotopic (exact) mass is 436 g/mol. The van der Waals surface area contributed by atoms with Gasteiger partial charge in [0.25, 0.3) is 5.91 Å². The molecule has 2 amide bonds. The number of nitrogens with zero attached hydrogens (tertiary/aromatic N) is 4. The summed E-state index contributed by atoms with van der Waals surface area (Å²) in [5.41, 5.74) is 0.569. The van der Waals surface area contributed by atoms with Crippen LogP contribution in [0.25, 0.3) is 0 Å². The normalized spacial score (nSPS) is 22.6. The molecule has 1 saturated heterocycles. The van der Waals surface area contributed by atoms with Crippen LogP contribution in [0.5, 0.6) is 5.75 Å². The van der Waals surface area contributed by atoms with Gasteiger partial charge in [-0.1, -0.05) is 30.4 Å². The summed E-state index contributed by atoms with van der Waals surface area (Å²) in [5, 5.41) is 0. The second-order valence-electron chi connectivity index (χ2n) is 8.21. The summed E-state index contributed by atoms with van der Waals surface area (Å²) in [4.78, 5) is 45.4. The Labute approximate surface area is 187 Å². The number of aromatic nitrogens is 2. The van der Waals surface area contributed by atoms with E-state index in [2.05, 4.69) is 17.1 Å². The Morgan fingerprint density at radius 2 is 2.00 bits per heavy atom. The molecule has 168 valence electrons. The van der Waals surface area contributed by atoms with Gasteiger partial charge < -0.3 is 14.5 Å². The number of hydrogen-bond acceptors (Lipinski definition) is 5. The number of allylic oxidation sites excluding steroid dienone is 1. The first kappa shape index (κ1) is 21.8. The molecule has 4 rings (SSSR count). The molecule has 0 radical (unpaired) electrons. The molecule has 0 N–H and O–H groups in total. The van der Waals surface area contributed by atoms with E-state index >= 15 is 0 Å². The van der Waals surface area contributed by atoms with E-state index in [0.717, 1.165) is 24.2 Å². The first-order valence-electron chi connectivity index (χ1n) is 11.0. The Morgan fingerprint density at radius 3 is 2.84 bits per heavy atom. The molecule has 3 heterocycles. The number of likely N-dealkylation sites (N-methyl/N-ethyl adjacent to an activating group) is 1. The minimum Gasteiger partial charge on any atom is -0.483 e. The van der Waals surface area contributed by atoms with Gasteiger partial charge in [0, 0.05) is 26.0 Å². The summed E-state index contributed by atoms with van der Waals surface area (Å²) in [7, 11) is 1.78. The predicted molar refractivity (Wildman–Crippen MR) is 119 cm³/mol. The van der Waals surface area contributed by atoms with Crippen LogP contribution >= 0.6 is 0 Å². The zero-order valence-electron chi connectivity index (χ0n) is 18.2. The summed E-state index contributed by atoms with van der Waals surface area (Å²) >= 11 is 0. The van der Waals surface area contributed by atoms with Crippen molar-refractivity contribution in [2.45, 2.75) is 44.3 Å². The third-order valence-electron chi connectivity index (χ3n) is 6.25. The predicted octanol–water partition coefficient (Wildman–Crippen LogP) is 1.64. The third kappa shape index (κ3) is 4.74. The van der Waals surface area contributed by atoms with Crippen molar-refractivity contribution in [2.24, 2.45) is 0 Å². The third-order valence-corrected chi connectivity index (χ3v) is 6.25. The van der Waals surface area contributed by atoms with E-state index in [9.17, 15) is 14.4 Å². The number of likely N-dealkylation sites (tertiary alicyclic amines) is 1. The van der Waals surface area contributed by atoms with Crippen LogP contribution in [0.1, 0.15) is 24.8 Å². The highest BCUT2D eigenvalue weighted by molar-refractivity contribution is 5.79. The topological polar surface area (TPSA) is 84.7 Å². The van der Waals surface area contributed by atoms with E-state index in [1.165, 1.54) is 10.8 Å². The number of benzene rings is 1. The van der Waals surface area contributed by atoms with Crippen molar-refractivity contribution in [1.29, 1.82) is 0 Å². The Hall–Kier alpha value is -3.42. The molecule has 0 spiro atoms. The minimum atomic E-state index is -0.448. The van der Waals surface area contributed by atoms with Crippen molar-refractivity contribution in [2.75, 3.05) is 20.2 Å². The van der Waals surface area contributed by atoms with Crippen molar-refractivity contribution in [3.63, 3.8) is 0 Å². The number of fused-ring (bicyclic) bond motifs is 2. The molecule has 1 aromatic heterocycles. The maximum atomic E-state index is 13.2. The number of piperidine rings is 1. The lowest BCUT2D eigenvalue weighted by molar-refractivity contribution is -0.144. The van der Waals surface area contributed by atoms with Crippen LogP contribution in [0.2, 0.25) is 0 Å². The zero-order chi connectivity index (χ0) is 22.5. The standard InChI is InChI=1S/C24H28N4O4/c1-26-19-11-6-15-28(22(29)16-27-14-7-13-25-24(27)31)20(19)10-4-2-8-18-9-3-5-12-21(18)32-17-23(26)30/h2-5,7,9,12-14,19-20H,6,8,10-11,15-17H2,1H3/b4-2+/t19-,20-/m1/s1. The number of amides is 2. The number of rotatable bonds is 2. The number of para-hydroxylation sites is 1. The van der Waals surface area contributed by atoms with Crippen molar-refractivity contribution in [3.8, 4) is 5.75 Å². The maximum Gasteiger partial charge on any atom is 0.347 e. The van der Waals surface area contributed by atoms with Crippen LogP contribution in [0, 0.1) is 0 Å². The van der Waals surface area contributed by atoms with Crippen LogP contribution in [-0.2, 0) is 22.6 Å². The lowest BCUT2D eigenvalue weighted by Gasteiger charge is -2.45. The van der Waals surface area contributed by atoms with E-state index in [1.54, 1.807) is 24.2 Å². The van der Waals surface area contributed by atoms with Gasteiger partial charge in [0.1, 0.15) is 12.3 Å². The first-order chi connectivity index (χ1) is 15.5. The molecule has 32 heavy (non-hydrogen) atoms. The molecular weight excluding hydrogens is 408 g/mol. The second-order valence-corrected chi connectivity index (χ2v) is 8.21. The zero-order valence-corrected chi connectivity index (χ0v) is 18.2. The summed E-state index contributed by atoms with van der Waals surface area (Å²) in [6.07, 6.45) is 10.1. The van der Waals surface area contributed by atoms with Gasteiger partial charge in [-0.2, -0.15) is 0 Å². The van der Waals surface area contributed by atoms with Crippen molar-refractivity contribution in [1.82, 2.24) is 19.4 Å². The molecule has 8 nitrogen and oxygen atoms in total. The maximum absolute atomic E-state index is 13.2.